The Morgan fingerprint density at radius 2 is 1.55 bits per heavy atom. The van der Waals surface area contributed by atoms with Gasteiger partial charge in [0.05, 0.1) is 12.6 Å². The fourth-order valence-corrected chi connectivity index (χ4v) is 3.89. The van der Waals surface area contributed by atoms with Crippen LogP contribution >= 0.6 is 0 Å². The van der Waals surface area contributed by atoms with Gasteiger partial charge in [0.2, 0.25) is 0 Å². The van der Waals surface area contributed by atoms with Gasteiger partial charge in [0, 0.05) is 17.7 Å². The fraction of sp³-hybridized carbons (Fsp3) is 0.222. The van der Waals surface area contributed by atoms with Crippen molar-refractivity contribution in [2.45, 2.75) is 26.0 Å². The first-order valence-electron chi connectivity index (χ1n) is 10.9. The summed E-state index contributed by atoms with van der Waals surface area (Å²) in [5.41, 5.74) is 3.24. The lowest BCUT2D eigenvalue weighted by atomic mass is 9.88. The molecule has 0 bridgehead atoms. The molecule has 2 atom stereocenters. The molecule has 2 unspecified atom stereocenters. The second kappa shape index (κ2) is 10.6. The smallest absolute Gasteiger partial charge is 0.341 e. The minimum absolute atomic E-state index is 0.249. The molecule has 168 valence electrons. The third kappa shape index (κ3) is 5.66. The van der Waals surface area contributed by atoms with Crippen molar-refractivity contribution in [2.24, 2.45) is 10.9 Å². The average molecular weight is 443 g/mol. The highest BCUT2D eigenvalue weighted by Crippen LogP contribution is 2.34. The molecule has 0 aromatic heterocycles. The van der Waals surface area contributed by atoms with Crippen molar-refractivity contribution < 1.29 is 19.1 Å². The number of urea groups is 1. The van der Waals surface area contributed by atoms with Crippen molar-refractivity contribution >= 4 is 17.7 Å². The number of carbonyl (C=O) groups excluding carboxylic acids is 2. The lowest BCUT2D eigenvalue weighted by Crippen LogP contribution is -2.44. The Kier molecular flexibility index (Phi) is 7.15. The minimum atomic E-state index is -0.736. The van der Waals surface area contributed by atoms with Gasteiger partial charge in [-0.2, -0.15) is 0 Å². The lowest BCUT2D eigenvalue weighted by molar-refractivity contribution is -0.146. The van der Waals surface area contributed by atoms with Crippen LogP contribution in [0.2, 0.25) is 0 Å². The molecule has 0 spiro atoms. The maximum atomic E-state index is 13.1. The quantitative estimate of drug-likeness (QED) is 0.504. The number of hydrogen-bond acceptors (Lipinski definition) is 4. The van der Waals surface area contributed by atoms with Gasteiger partial charge >= 0.3 is 12.0 Å². The van der Waals surface area contributed by atoms with Crippen molar-refractivity contribution in [1.82, 2.24) is 5.32 Å². The first-order chi connectivity index (χ1) is 16.1. The molecule has 0 fully saturated rings. The molecular weight excluding hydrogens is 416 g/mol. The summed E-state index contributed by atoms with van der Waals surface area (Å²) in [7, 11) is 0. The van der Waals surface area contributed by atoms with Crippen LogP contribution in [0.15, 0.2) is 89.9 Å². The number of hydrogen-bond donors (Lipinski definition) is 1. The standard InChI is InChI=1S/C27H26N2O4/c1-19-24(26(30)32-17-16-20-10-4-2-5-11-20)25(29-27(31)28-19)22-14-8-9-15-23(22)33-18-21-12-6-3-7-13-21/h2-15,24-25H,16-18H2,1H3,(H,29,31). The minimum Gasteiger partial charge on any atom is -0.489 e. The fourth-order valence-electron chi connectivity index (χ4n) is 3.89. The molecule has 1 heterocycles. The van der Waals surface area contributed by atoms with Gasteiger partial charge in [-0.15, -0.1) is 0 Å². The third-order valence-electron chi connectivity index (χ3n) is 5.56. The molecule has 0 saturated heterocycles. The van der Waals surface area contributed by atoms with Crippen LogP contribution in [0.3, 0.4) is 0 Å². The van der Waals surface area contributed by atoms with Crippen LogP contribution in [0.5, 0.6) is 5.75 Å². The van der Waals surface area contributed by atoms with Crippen LogP contribution in [0.25, 0.3) is 0 Å². The highest BCUT2D eigenvalue weighted by Gasteiger charge is 2.39. The van der Waals surface area contributed by atoms with E-state index in [9.17, 15) is 9.59 Å². The number of para-hydroxylation sites is 1. The zero-order chi connectivity index (χ0) is 23.0. The van der Waals surface area contributed by atoms with Gasteiger partial charge in [0.1, 0.15) is 18.3 Å². The van der Waals surface area contributed by atoms with E-state index in [0.717, 1.165) is 11.1 Å². The number of rotatable bonds is 8. The summed E-state index contributed by atoms with van der Waals surface area (Å²) in [6.45, 7) is 2.31. The molecule has 0 saturated carbocycles. The molecule has 33 heavy (non-hydrogen) atoms. The summed E-state index contributed by atoms with van der Waals surface area (Å²) in [5, 5.41) is 2.83. The molecule has 2 amide bonds. The molecule has 3 aromatic carbocycles. The number of carbonyl (C=O) groups is 2. The van der Waals surface area contributed by atoms with Crippen molar-refractivity contribution in [3.05, 3.63) is 102 Å². The number of nitrogens with one attached hydrogen (secondary N) is 1. The predicted molar refractivity (Wildman–Crippen MR) is 126 cm³/mol. The maximum absolute atomic E-state index is 13.1. The van der Waals surface area contributed by atoms with E-state index in [4.69, 9.17) is 9.47 Å². The number of amides is 2. The van der Waals surface area contributed by atoms with E-state index in [2.05, 4.69) is 10.3 Å². The number of benzene rings is 3. The Morgan fingerprint density at radius 3 is 2.27 bits per heavy atom. The van der Waals surface area contributed by atoms with E-state index in [1.54, 1.807) is 6.92 Å². The van der Waals surface area contributed by atoms with Gasteiger partial charge in [0.15, 0.2) is 0 Å². The number of esters is 1. The van der Waals surface area contributed by atoms with Crippen LogP contribution in [0, 0.1) is 5.92 Å². The maximum Gasteiger partial charge on any atom is 0.341 e. The number of ether oxygens (including phenoxy) is 2. The molecule has 0 radical (unpaired) electrons. The van der Waals surface area contributed by atoms with Gasteiger partial charge < -0.3 is 14.8 Å². The highest BCUT2D eigenvalue weighted by atomic mass is 16.5. The monoisotopic (exact) mass is 442 g/mol. The molecule has 1 N–H and O–H groups in total. The Labute approximate surface area is 193 Å². The molecule has 1 aliphatic heterocycles. The van der Waals surface area contributed by atoms with Crippen molar-refractivity contribution in [2.75, 3.05) is 6.61 Å². The Bertz CT molecular complexity index is 1130. The molecule has 3 aromatic rings. The number of nitrogens with zero attached hydrogens (tertiary/aromatic N) is 1. The van der Waals surface area contributed by atoms with E-state index in [-0.39, 0.29) is 6.61 Å². The van der Waals surface area contributed by atoms with Crippen molar-refractivity contribution in [3.63, 3.8) is 0 Å². The largest absolute Gasteiger partial charge is 0.489 e. The van der Waals surface area contributed by atoms with E-state index < -0.39 is 24.0 Å². The van der Waals surface area contributed by atoms with E-state index >= 15 is 0 Å². The second-order valence-electron chi connectivity index (χ2n) is 7.87. The summed E-state index contributed by atoms with van der Waals surface area (Å²) in [6, 6.07) is 25.9. The zero-order valence-electron chi connectivity index (χ0n) is 18.4. The van der Waals surface area contributed by atoms with Crippen LogP contribution in [0.1, 0.15) is 29.7 Å². The summed E-state index contributed by atoms with van der Waals surface area (Å²) < 4.78 is 11.7. The van der Waals surface area contributed by atoms with Gasteiger partial charge in [-0.3, -0.25) is 4.79 Å². The molecule has 6 nitrogen and oxygen atoms in total. The first-order valence-corrected chi connectivity index (χ1v) is 10.9. The third-order valence-corrected chi connectivity index (χ3v) is 5.56. The van der Waals surface area contributed by atoms with E-state index in [1.807, 2.05) is 84.9 Å². The Hall–Kier alpha value is -3.93. The SMILES string of the molecule is CC1=NC(=O)NC(c2ccccc2OCc2ccccc2)C1C(=O)OCCc1ccccc1. The topological polar surface area (TPSA) is 77.0 Å². The average Bonchev–Trinajstić information content (AvgIpc) is 2.83. The van der Waals surface area contributed by atoms with E-state index in [0.29, 0.717) is 30.1 Å². The summed E-state index contributed by atoms with van der Waals surface area (Å²) in [6.07, 6.45) is 0.614. The first kappa shape index (κ1) is 22.3. The van der Waals surface area contributed by atoms with Crippen molar-refractivity contribution in [1.29, 1.82) is 0 Å². The zero-order valence-corrected chi connectivity index (χ0v) is 18.4. The second-order valence-corrected chi connectivity index (χ2v) is 7.87. The lowest BCUT2D eigenvalue weighted by Gasteiger charge is -2.30. The van der Waals surface area contributed by atoms with Crippen LogP contribution < -0.4 is 10.1 Å². The predicted octanol–water partition coefficient (Wildman–Crippen LogP) is 4.89. The summed E-state index contributed by atoms with van der Waals surface area (Å²) in [5.74, 6) is -0.557. The van der Waals surface area contributed by atoms with Gasteiger partial charge in [-0.05, 0) is 24.1 Å². The van der Waals surface area contributed by atoms with Crippen molar-refractivity contribution in [3.8, 4) is 5.75 Å². The molecule has 0 aliphatic carbocycles. The normalized spacial score (nSPS) is 17.6. The van der Waals surface area contributed by atoms with Crippen LogP contribution in [-0.4, -0.2) is 24.3 Å². The summed E-state index contributed by atoms with van der Waals surface area (Å²) in [4.78, 5) is 29.3. The molecule has 1 aliphatic rings. The van der Waals surface area contributed by atoms with Gasteiger partial charge in [-0.25, -0.2) is 9.79 Å². The van der Waals surface area contributed by atoms with Crippen LogP contribution in [-0.2, 0) is 22.6 Å². The number of aliphatic imine (C=N–C) groups is 1. The van der Waals surface area contributed by atoms with Gasteiger partial charge in [-0.1, -0.05) is 78.9 Å². The van der Waals surface area contributed by atoms with E-state index in [1.165, 1.54) is 0 Å². The Morgan fingerprint density at radius 1 is 0.909 bits per heavy atom. The molecule has 6 heteroatoms. The van der Waals surface area contributed by atoms with Crippen LogP contribution in [0.4, 0.5) is 4.79 Å². The summed E-state index contributed by atoms with van der Waals surface area (Å²) >= 11 is 0. The molecular formula is C27H26N2O4. The highest BCUT2D eigenvalue weighted by molar-refractivity contribution is 6.08. The molecule has 4 rings (SSSR count). The van der Waals surface area contributed by atoms with Gasteiger partial charge in [0.25, 0.3) is 0 Å². The Balaban J connectivity index is 1.51.